The van der Waals surface area contributed by atoms with Gasteiger partial charge in [0, 0.05) is 0 Å². The zero-order valence-electron chi connectivity index (χ0n) is 7.30. The molecule has 0 saturated heterocycles. The summed E-state index contributed by atoms with van der Waals surface area (Å²) >= 11 is 10.3. The maximum Gasteiger partial charge on any atom is 2.00 e. The van der Waals surface area contributed by atoms with Gasteiger partial charge in [-0.05, 0) is 0 Å². The van der Waals surface area contributed by atoms with E-state index in [4.69, 9.17) is 29.7 Å². The van der Waals surface area contributed by atoms with Gasteiger partial charge in [0.2, 0.25) is 0 Å². The monoisotopic (exact) mass is 642 g/mol. The van der Waals surface area contributed by atoms with E-state index in [1.54, 1.807) is 0 Å². The molecule has 0 rings (SSSR count). The third-order valence-electron chi connectivity index (χ3n) is 0. The van der Waals surface area contributed by atoms with Gasteiger partial charge in [0.1, 0.15) is 0 Å². The first kappa shape index (κ1) is 36.4. The van der Waals surface area contributed by atoms with E-state index in [1.807, 2.05) is 0 Å². The normalized spacial score (nSPS) is 4.80. The van der Waals surface area contributed by atoms with Gasteiger partial charge in [-0.2, -0.15) is 0 Å². The van der Waals surface area contributed by atoms with Crippen LogP contribution in [0.2, 0.25) is 0 Å². The molecule has 0 amide bonds. The van der Waals surface area contributed by atoms with Gasteiger partial charge >= 0.3 is 147 Å². The first-order valence-electron chi connectivity index (χ1n) is 1.84. The molecule has 0 bridgehead atoms. The molecule has 0 aromatic rings. The van der Waals surface area contributed by atoms with Crippen LogP contribution in [0.1, 0.15) is 0 Å². The van der Waals surface area contributed by atoms with Crippen LogP contribution >= 0.6 is 0 Å². The number of hydrogen-bond acceptors (Lipinski definition) is 9. The Labute approximate surface area is 224 Å². The Bertz CT molecular complexity index is 126. The van der Waals surface area contributed by atoms with Crippen molar-refractivity contribution >= 4 is 200 Å². The van der Waals surface area contributed by atoms with Crippen LogP contribution in [0.4, 0.5) is 14.4 Å². The molecule has 0 saturated carbocycles. The van der Waals surface area contributed by atoms with Crippen LogP contribution in [0.15, 0.2) is 0 Å². The first-order valence-corrected chi connectivity index (χ1v) is 3.06. The smallest absolute Gasteiger partial charge is 0.764 e. The second-order valence-electron chi connectivity index (χ2n) is 0.750. The van der Waals surface area contributed by atoms with Gasteiger partial charge in [-0.25, -0.2) is 0 Å². The van der Waals surface area contributed by atoms with E-state index in [0.717, 1.165) is 0 Å². The van der Waals surface area contributed by atoms with Gasteiger partial charge in [0.05, 0.1) is 0 Å². The van der Waals surface area contributed by atoms with Crippen LogP contribution in [-0.2, 0) is 37.9 Å². The molecule has 0 aromatic carbocycles. The molecule has 0 aromatic heterocycles. The molecule has 0 N–H and O–H groups in total. The molecule has 0 heterocycles. The quantitative estimate of drug-likeness (QED) is 0.191. The summed E-state index contributed by atoms with van der Waals surface area (Å²) in [5, 5.41) is 21.6. The van der Waals surface area contributed by atoms with E-state index in [0.29, 0.717) is 0 Å². The SMILES string of the molecule is O=C([O-])[S-].O=C([O-])[S-].O=C([O-])[S-].[Ba+2].[Ba+2].[Ba+2]. The minimum Gasteiger partial charge on any atom is -0.764 e. The summed E-state index contributed by atoms with van der Waals surface area (Å²) in [6, 6.07) is 0. The maximum atomic E-state index is 8.70. The molecule has 0 atom stereocenters. The number of carbonyl (C=O) groups is 3. The third kappa shape index (κ3) is 309. The summed E-state index contributed by atoms with van der Waals surface area (Å²) in [6.07, 6.45) is 0. The molecule has 6 nitrogen and oxygen atoms in total. The molecule has 15 heavy (non-hydrogen) atoms. The zero-order valence-corrected chi connectivity index (χ0v) is 23.1. The topological polar surface area (TPSA) is 120 Å². The summed E-state index contributed by atoms with van der Waals surface area (Å²) < 4.78 is 0. The van der Waals surface area contributed by atoms with Crippen molar-refractivity contribution in [1.29, 1.82) is 0 Å². The van der Waals surface area contributed by atoms with Crippen molar-refractivity contribution < 1.29 is 29.7 Å². The average Bonchev–Trinajstić information content (AvgIpc) is 1.54. The summed E-state index contributed by atoms with van der Waals surface area (Å²) in [5.41, 5.74) is 0. The fourth-order valence-corrected chi connectivity index (χ4v) is 0. The van der Waals surface area contributed by atoms with Crippen LogP contribution in [0.3, 0.4) is 0 Å². The molecule has 12 heteroatoms. The van der Waals surface area contributed by atoms with Crippen LogP contribution < -0.4 is 15.3 Å². The fourth-order valence-electron chi connectivity index (χ4n) is 0. The predicted octanol–water partition coefficient (Wildman–Crippen LogP) is -4.51. The summed E-state index contributed by atoms with van der Waals surface area (Å²) in [6.45, 7) is 0. The number of carboxylic acid groups (broad SMARTS) is 3. The van der Waals surface area contributed by atoms with Crippen molar-refractivity contribution in [2.24, 2.45) is 0 Å². The fraction of sp³-hybridized carbons (Fsp3) is 0. The molecule has 0 fully saturated rings. The minimum atomic E-state index is -1.50. The van der Waals surface area contributed by atoms with E-state index in [1.165, 1.54) is 0 Å². The molecule has 0 unspecified atom stereocenters. The standard InChI is InChI=1S/3CH2O2S.3Ba/c3*2-1(3)4;;;/h3*4H,(H,2,3);;;/q;;;3*+2/p-6. The Hall–Kier alpha value is 3.78. The summed E-state index contributed by atoms with van der Waals surface area (Å²) in [7, 11) is 0. The second kappa shape index (κ2) is 30.7. The first-order chi connectivity index (χ1) is 5.20. The van der Waals surface area contributed by atoms with Crippen molar-refractivity contribution in [3.63, 3.8) is 0 Å². The van der Waals surface area contributed by atoms with Crippen LogP contribution in [0, 0.1) is 0 Å². The number of hydrogen-bond donors (Lipinski definition) is 0. The van der Waals surface area contributed by atoms with Gasteiger partial charge < -0.3 is 67.6 Å². The van der Waals surface area contributed by atoms with Gasteiger partial charge in [-0.15, -0.1) is 0 Å². The largest absolute Gasteiger partial charge is 2.00 e. The Balaban J connectivity index is -0.0000000184. The van der Waals surface area contributed by atoms with Crippen molar-refractivity contribution in [3.05, 3.63) is 0 Å². The molecule has 0 aliphatic rings. The van der Waals surface area contributed by atoms with Gasteiger partial charge in [-0.1, -0.05) is 15.9 Å². The third-order valence-corrected chi connectivity index (χ3v) is 0. The Morgan fingerprint density at radius 2 is 0.600 bits per heavy atom. The number of carbonyl (C=O) groups excluding carboxylic acids is 3. The Morgan fingerprint density at radius 3 is 0.600 bits per heavy atom. The van der Waals surface area contributed by atoms with E-state index >= 15 is 0 Å². The molecular weight excluding hydrogens is 640 g/mol. The van der Waals surface area contributed by atoms with E-state index in [-0.39, 0.29) is 147 Å². The van der Waals surface area contributed by atoms with Gasteiger partial charge in [-0.3, -0.25) is 0 Å². The van der Waals surface area contributed by atoms with Crippen LogP contribution in [0.25, 0.3) is 0 Å². The van der Waals surface area contributed by atoms with Gasteiger partial charge in [0.15, 0.2) is 0 Å². The van der Waals surface area contributed by atoms with Crippen molar-refractivity contribution in [2.45, 2.75) is 0 Å². The minimum absolute atomic E-state index is 0. The van der Waals surface area contributed by atoms with Crippen LogP contribution in [-0.4, -0.2) is 163 Å². The molecule has 0 aliphatic heterocycles. The van der Waals surface area contributed by atoms with Crippen molar-refractivity contribution in [1.82, 2.24) is 0 Å². The van der Waals surface area contributed by atoms with E-state index in [2.05, 4.69) is 37.9 Å². The molecule has 0 radical (unpaired) electrons. The maximum absolute atomic E-state index is 8.70. The zero-order chi connectivity index (χ0) is 10.7. The average molecular weight is 640 g/mol. The number of rotatable bonds is 0. The van der Waals surface area contributed by atoms with E-state index < -0.39 is 15.9 Å². The summed E-state index contributed by atoms with van der Waals surface area (Å²) in [4.78, 5) is 26.1. The second-order valence-corrected chi connectivity index (χ2v) is 1.75. The van der Waals surface area contributed by atoms with Crippen molar-refractivity contribution in [3.8, 4) is 0 Å². The van der Waals surface area contributed by atoms with Gasteiger partial charge in [0.25, 0.3) is 0 Å². The Morgan fingerprint density at radius 1 is 0.600 bits per heavy atom. The Kier molecular flexibility index (Phi) is 74.3. The molecule has 0 aliphatic carbocycles. The summed E-state index contributed by atoms with van der Waals surface area (Å²) in [5.74, 6) is 0. The predicted molar refractivity (Wildman–Crippen MR) is 55.5 cm³/mol. The molecule has 72 valence electrons. The van der Waals surface area contributed by atoms with E-state index in [9.17, 15) is 0 Å². The van der Waals surface area contributed by atoms with Crippen LogP contribution in [0.5, 0.6) is 0 Å². The molecule has 0 spiro atoms. The molecular formula is C3Ba3O6S3. The van der Waals surface area contributed by atoms with Crippen molar-refractivity contribution in [2.75, 3.05) is 0 Å².